The molecule has 4 nitrogen and oxygen atoms in total. The van der Waals surface area contributed by atoms with Crippen LogP contribution in [0.5, 0.6) is 5.75 Å². The summed E-state index contributed by atoms with van der Waals surface area (Å²) < 4.78 is 5.21. The van der Waals surface area contributed by atoms with Crippen LogP contribution in [0.2, 0.25) is 0 Å². The van der Waals surface area contributed by atoms with Crippen LogP contribution >= 0.6 is 0 Å². The second-order valence-electron chi connectivity index (χ2n) is 3.63. The summed E-state index contributed by atoms with van der Waals surface area (Å²) in [5.74, 6) is -0.0288. The van der Waals surface area contributed by atoms with E-state index < -0.39 is 12.0 Å². The molecule has 0 amide bonds. The fourth-order valence-corrected chi connectivity index (χ4v) is 2.03. The van der Waals surface area contributed by atoms with Crippen molar-refractivity contribution in [3.63, 3.8) is 0 Å². The maximum absolute atomic E-state index is 11.0. The van der Waals surface area contributed by atoms with Gasteiger partial charge in [-0.2, -0.15) is 0 Å². The molecular weight excluding hydrogens is 194 g/mol. The van der Waals surface area contributed by atoms with Crippen LogP contribution in [0.15, 0.2) is 18.2 Å². The topological polar surface area (TPSA) is 49.8 Å². The Labute approximate surface area is 88.1 Å². The van der Waals surface area contributed by atoms with E-state index in [9.17, 15) is 4.79 Å². The first-order valence-corrected chi connectivity index (χ1v) is 4.76. The lowest BCUT2D eigenvalue weighted by molar-refractivity contribution is -0.138. The number of fused-ring (bicyclic) bond motifs is 1. The molecule has 80 valence electrons. The molecule has 1 N–H and O–H groups in total. The number of hydrogen-bond donors (Lipinski definition) is 1. The van der Waals surface area contributed by atoms with Gasteiger partial charge in [-0.1, -0.05) is 6.07 Å². The maximum atomic E-state index is 11.0. The van der Waals surface area contributed by atoms with E-state index in [0.29, 0.717) is 6.42 Å². The van der Waals surface area contributed by atoms with Gasteiger partial charge in [0.25, 0.3) is 0 Å². The van der Waals surface area contributed by atoms with E-state index in [4.69, 9.17) is 9.84 Å². The minimum absolute atomic E-state index is 0.476. The molecule has 1 atom stereocenters. The second-order valence-corrected chi connectivity index (χ2v) is 3.63. The number of carbonyl (C=O) groups is 1. The van der Waals surface area contributed by atoms with Crippen LogP contribution in [0.4, 0.5) is 5.69 Å². The summed E-state index contributed by atoms with van der Waals surface area (Å²) in [5, 5.41) is 9.04. The van der Waals surface area contributed by atoms with Gasteiger partial charge in [-0.15, -0.1) is 0 Å². The SMILES string of the molecule is COc1cccc2c1CC(C(=O)O)N2C. The van der Waals surface area contributed by atoms with Gasteiger partial charge in [-0.05, 0) is 12.1 Å². The summed E-state index contributed by atoms with van der Waals surface area (Å²) in [7, 11) is 3.40. The van der Waals surface area contributed by atoms with Crippen LogP contribution < -0.4 is 9.64 Å². The Bertz CT molecular complexity index is 403. The van der Waals surface area contributed by atoms with Gasteiger partial charge < -0.3 is 14.7 Å². The molecule has 0 saturated heterocycles. The summed E-state index contributed by atoms with van der Waals surface area (Å²) in [5.41, 5.74) is 1.93. The number of carboxylic acid groups (broad SMARTS) is 1. The zero-order valence-corrected chi connectivity index (χ0v) is 8.73. The number of carboxylic acids is 1. The molecule has 0 aromatic heterocycles. The Morgan fingerprint density at radius 1 is 1.60 bits per heavy atom. The monoisotopic (exact) mass is 207 g/mol. The van der Waals surface area contributed by atoms with Crippen molar-refractivity contribution in [3.05, 3.63) is 23.8 Å². The third kappa shape index (κ3) is 1.42. The first-order chi connectivity index (χ1) is 7.15. The van der Waals surface area contributed by atoms with Crippen LogP contribution in [0.1, 0.15) is 5.56 Å². The van der Waals surface area contributed by atoms with E-state index in [2.05, 4.69) is 0 Å². The van der Waals surface area contributed by atoms with E-state index in [-0.39, 0.29) is 0 Å². The van der Waals surface area contributed by atoms with Gasteiger partial charge in [0.2, 0.25) is 0 Å². The van der Waals surface area contributed by atoms with Crippen molar-refractivity contribution in [2.24, 2.45) is 0 Å². The van der Waals surface area contributed by atoms with E-state index >= 15 is 0 Å². The average Bonchev–Trinajstić information content (AvgIpc) is 2.56. The first-order valence-electron chi connectivity index (χ1n) is 4.76. The van der Waals surface area contributed by atoms with Crippen LogP contribution in [0.25, 0.3) is 0 Å². The van der Waals surface area contributed by atoms with E-state index in [1.54, 1.807) is 19.1 Å². The average molecular weight is 207 g/mol. The lowest BCUT2D eigenvalue weighted by Gasteiger charge is -2.18. The zero-order valence-electron chi connectivity index (χ0n) is 8.73. The molecule has 1 heterocycles. The molecule has 0 fully saturated rings. The number of hydrogen-bond acceptors (Lipinski definition) is 3. The van der Waals surface area contributed by atoms with Crippen molar-refractivity contribution in [1.82, 2.24) is 0 Å². The van der Waals surface area contributed by atoms with Crippen molar-refractivity contribution >= 4 is 11.7 Å². The highest BCUT2D eigenvalue weighted by Gasteiger charge is 2.33. The number of aliphatic carboxylic acids is 1. The summed E-state index contributed by atoms with van der Waals surface area (Å²) >= 11 is 0. The molecule has 1 aromatic rings. The number of nitrogens with zero attached hydrogens (tertiary/aromatic N) is 1. The highest BCUT2D eigenvalue weighted by Crippen LogP contribution is 2.36. The number of anilines is 1. The Kier molecular flexibility index (Phi) is 2.26. The Hall–Kier alpha value is -1.71. The predicted molar refractivity (Wildman–Crippen MR) is 56.5 cm³/mol. The van der Waals surface area contributed by atoms with E-state index in [0.717, 1.165) is 17.0 Å². The number of likely N-dealkylation sites (N-methyl/N-ethyl adjacent to an activating group) is 1. The van der Waals surface area contributed by atoms with Gasteiger partial charge in [-0.3, -0.25) is 0 Å². The van der Waals surface area contributed by atoms with Gasteiger partial charge in [0.05, 0.1) is 7.11 Å². The molecular formula is C11H13NO3. The summed E-state index contributed by atoms with van der Waals surface area (Å²) in [6.45, 7) is 0. The number of rotatable bonds is 2. The van der Waals surface area contributed by atoms with Gasteiger partial charge in [0.15, 0.2) is 0 Å². The van der Waals surface area contributed by atoms with Crippen molar-refractivity contribution in [1.29, 1.82) is 0 Å². The largest absolute Gasteiger partial charge is 0.496 e. The van der Waals surface area contributed by atoms with Crippen LogP contribution in [-0.4, -0.2) is 31.3 Å². The third-order valence-corrected chi connectivity index (χ3v) is 2.86. The molecule has 15 heavy (non-hydrogen) atoms. The van der Waals surface area contributed by atoms with Crippen molar-refractivity contribution in [2.45, 2.75) is 12.5 Å². The second kappa shape index (κ2) is 3.46. The van der Waals surface area contributed by atoms with Crippen LogP contribution in [0.3, 0.4) is 0 Å². The molecule has 1 aromatic carbocycles. The normalized spacial score (nSPS) is 18.8. The van der Waals surface area contributed by atoms with Crippen molar-refractivity contribution in [3.8, 4) is 5.75 Å². The highest BCUT2D eigenvalue weighted by atomic mass is 16.5. The Morgan fingerprint density at radius 2 is 2.33 bits per heavy atom. The van der Waals surface area contributed by atoms with E-state index in [1.165, 1.54) is 0 Å². The standard InChI is InChI=1S/C11H13NO3/c1-12-8-4-3-5-10(15-2)7(8)6-9(12)11(13)14/h3-5,9H,6H2,1-2H3,(H,13,14). The summed E-state index contributed by atoms with van der Waals surface area (Å²) in [6.07, 6.45) is 0.505. The Morgan fingerprint density at radius 3 is 2.93 bits per heavy atom. The lowest BCUT2D eigenvalue weighted by atomic mass is 10.1. The van der Waals surface area contributed by atoms with Crippen LogP contribution in [-0.2, 0) is 11.2 Å². The summed E-state index contributed by atoms with van der Waals surface area (Å²) in [6, 6.07) is 5.17. The van der Waals surface area contributed by atoms with E-state index in [1.807, 2.05) is 18.2 Å². The molecule has 4 heteroatoms. The van der Waals surface area contributed by atoms with Gasteiger partial charge in [0, 0.05) is 24.7 Å². The molecule has 0 bridgehead atoms. The van der Waals surface area contributed by atoms with Gasteiger partial charge >= 0.3 is 5.97 Å². The quantitative estimate of drug-likeness (QED) is 0.790. The lowest BCUT2D eigenvalue weighted by Crippen LogP contribution is -2.35. The maximum Gasteiger partial charge on any atom is 0.326 e. The summed E-state index contributed by atoms with van der Waals surface area (Å²) in [4.78, 5) is 12.8. The van der Waals surface area contributed by atoms with Gasteiger partial charge in [-0.25, -0.2) is 4.79 Å². The first kappa shape index (κ1) is 9.83. The van der Waals surface area contributed by atoms with Crippen LogP contribution in [0, 0.1) is 0 Å². The molecule has 1 unspecified atom stereocenters. The number of methoxy groups -OCH3 is 1. The smallest absolute Gasteiger partial charge is 0.326 e. The molecule has 0 saturated carbocycles. The molecule has 2 rings (SSSR count). The highest BCUT2D eigenvalue weighted by molar-refractivity contribution is 5.83. The minimum atomic E-state index is -0.796. The van der Waals surface area contributed by atoms with Gasteiger partial charge in [0.1, 0.15) is 11.8 Å². The molecule has 1 aliphatic heterocycles. The molecule has 0 radical (unpaired) electrons. The third-order valence-electron chi connectivity index (χ3n) is 2.86. The zero-order chi connectivity index (χ0) is 11.0. The molecule has 0 aliphatic carbocycles. The number of ether oxygens (including phenoxy) is 1. The van der Waals surface area contributed by atoms with Crippen molar-refractivity contribution < 1.29 is 14.6 Å². The predicted octanol–water partition coefficient (Wildman–Crippen LogP) is 1.14. The number of benzene rings is 1. The Balaban J connectivity index is 2.44. The molecule has 1 aliphatic rings. The van der Waals surface area contributed by atoms with Crippen molar-refractivity contribution in [2.75, 3.05) is 19.1 Å². The fourth-order valence-electron chi connectivity index (χ4n) is 2.03. The minimum Gasteiger partial charge on any atom is -0.496 e. The molecule has 0 spiro atoms. The fraction of sp³-hybridized carbons (Fsp3) is 0.364.